The molecule has 1 atom stereocenters. The quantitative estimate of drug-likeness (QED) is 0.505. The first-order valence-corrected chi connectivity index (χ1v) is 10.6. The summed E-state index contributed by atoms with van der Waals surface area (Å²) in [5.41, 5.74) is 0.699. The molecule has 1 aromatic carbocycles. The van der Waals surface area contributed by atoms with Crippen LogP contribution in [0, 0.1) is 0 Å². The molecule has 8 heteroatoms. The van der Waals surface area contributed by atoms with Gasteiger partial charge >= 0.3 is 5.69 Å². The Hall–Kier alpha value is -3.39. The molecule has 0 fully saturated rings. The van der Waals surface area contributed by atoms with E-state index in [1.165, 1.54) is 15.3 Å². The summed E-state index contributed by atoms with van der Waals surface area (Å²) in [5.74, 6) is 0. The molecular formula is C21H18N4O3S. The molecule has 0 bridgehead atoms. The average Bonchev–Trinajstić information content (AvgIpc) is 2.75. The molecule has 3 aromatic heterocycles. The second kappa shape index (κ2) is 7.92. The van der Waals surface area contributed by atoms with Crippen molar-refractivity contribution in [2.24, 2.45) is 0 Å². The third kappa shape index (κ3) is 3.66. The van der Waals surface area contributed by atoms with Crippen molar-refractivity contribution in [2.75, 3.05) is 6.26 Å². The maximum Gasteiger partial charge on any atom is 0.337 e. The Morgan fingerprint density at radius 2 is 1.79 bits per heavy atom. The molecule has 0 spiro atoms. The number of fused-ring (bicyclic) bond motifs is 1. The molecule has 146 valence electrons. The molecular weight excluding hydrogens is 388 g/mol. The van der Waals surface area contributed by atoms with Crippen molar-refractivity contribution in [3.8, 4) is 5.69 Å². The highest BCUT2D eigenvalue weighted by Gasteiger charge is 2.16. The van der Waals surface area contributed by atoms with Crippen LogP contribution in [0.3, 0.4) is 0 Å². The van der Waals surface area contributed by atoms with Crippen LogP contribution in [0.5, 0.6) is 0 Å². The molecule has 0 aliphatic heterocycles. The van der Waals surface area contributed by atoms with Crippen LogP contribution in [-0.4, -0.2) is 29.6 Å². The zero-order chi connectivity index (χ0) is 20.4. The highest BCUT2D eigenvalue weighted by Crippen LogP contribution is 2.15. The molecule has 1 unspecified atom stereocenters. The number of pyridine rings is 2. The van der Waals surface area contributed by atoms with Gasteiger partial charge in [-0.25, -0.2) is 14.3 Å². The lowest BCUT2D eigenvalue weighted by molar-refractivity contribution is 0.612. The van der Waals surface area contributed by atoms with Gasteiger partial charge in [-0.3, -0.25) is 18.6 Å². The highest BCUT2D eigenvalue weighted by atomic mass is 32.2. The predicted octanol–water partition coefficient (Wildman–Crippen LogP) is 1.92. The fourth-order valence-electron chi connectivity index (χ4n) is 3.19. The van der Waals surface area contributed by atoms with Crippen molar-refractivity contribution in [2.45, 2.75) is 17.9 Å². The summed E-state index contributed by atoms with van der Waals surface area (Å²) in [4.78, 5) is 35.4. The minimum Gasteiger partial charge on any atom is -0.268 e. The van der Waals surface area contributed by atoms with E-state index in [2.05, 4.69) is 9.97 Å². The molecule has 3 heterocycles. The molecule has 0 aliphatic rings. The summed E-state index contributed by atoms with van der Waals surface area (Å²) in [6.45, 7) is 0.193. The van der Waals surface area contributed by atoms with Crippen LogP contribution in [0.15, 0.2) is 81.5 Å². The van der Waals surface area contributed by atoms with Crippen LogP contribution in [0.4, 0.5) is 0 Å². The molecule has 0 radical (unpaired) electrons. The van der Waals surface area contributed by atoms with E-state index in [0.717, 1.165) is 5.69 Å². The number of aryl methyl sites for hydroxylation is 1. The second-order valence-electron chi connectivity index (χ2n) is 6.47. The summed E-state index contributed by atoms with van der Waals surface area (Å²) in [5, 5.41) is 0.344. The normalized spacial score (nSPS) is 12.2. The molecule has 0 saturated heterocycles. The van der Waals surface area contributed by atoms with Gasteiger partial charge in [-0.1, -0.05) is 12.1 Å². The Balaban J connectivity index is 1.92. The van der Waals surface area contributed by atoms with Gasteiger partial charge in [0, 0.05) is 53.0 Å². The maximum absolute atomic E-state index is 13.3. The number of benzene rings is 1. The van der Waals surface area contributed by atoms with E-state index in [9.17, 15) is 13.8 Å². The van der Waals surface area contributed by atoms with Crippen LogP contribution >= 0.6 is 0 Å². The van der Waals surface area contributed by atoms with Crippen LogP contribution in [-0.2, 0) is 23.8 Å². The van der Waals surface area contributed by atoms with Crippen LogP contribution < -0.4 is 11.2 Å². The highest BCUT2D eigenvalue weighted by molar-refractivity contribution is 7.84. The summed E-state index contributed by atoms with van der Waals surface area (Å²) in [7, 11) is -1.20. The minimum absolute atomic E-state index is 0.193. The fraction of sp³-hybridized carbons (Fsp3) is 0.143. The topological polar surface area (TPSA) is 86.9 Å². The molecule has 29 heavy (non-hydrogen) atoms. The van der Waals surface area contributed by atoms with Crippen molar-refractivity contribution < 1.29 is 4.21 Å². The van der Waals surface area contributed by atoms with Gasteiger partial charge in [-0.2, -0.15) is 0 Å². The summed E-state index contributed by atoms with van der Waals surface area (Å²) >= 11 is 0. The smallest absolute Gasteiger partial charge is 0.268 e. The van der Waals surface area contributed by atoms with Crippen molar-refractivity contribution >= 4 is 21.8 Å². The van der Waals surface area contributed by atoms with Gasteiger partial charge in [-0.05, 0) is 42.5 Å². The number of hydrogen-bond acceptors (Lipinski definition) is 5. The lowest BCUT2D eigenvalue weighted by Gasteiger charge is -2.14. The van der Waals surface area contributed by atoms with E-state index in [0.29, 0.717) is 22.4 Å². The molecule has 4 aromatic rings. The molecule has 0 N–H and O–H groups in total. The van der Waals surface area contributed by atoms with E-state index in [4.69, 9.17) is 0 Å². The van der Waals surface area contributed by atoms with Gasteiger partial charge in [0.2, 0.25) is 0 Å². The zero-order valence-electron chi connectivity index (χ0n) is 15.7. The monoisotopic (exact) mass is 406 g/mol. The predicted molar refractivity (Wildman–Crippen MR) is 112 cm³/mol. The first kappa shape index (κ1) is 18.9. The van der Waals surface area contributed by atoms with Gasteiger partial charge in [0.15, 0.2) is 5.65 Å². The molecule has 4 rings (SSSR count). The van der Waals surface area contributed by atoms with Gasteiger partial charge < -0.3 is 0 Å². The number of rotatable bonds is 5. The number of hydrogen-bond donors (Lipinski definition) is 0. The standard InChI is InChI=1S/C21H18N4O3S/c1-29(28)17-8-4-7-16(14-17)25-19-18(9-5-12-23-19)20(26)24(21(25)27)13-10-15-6-2-3-11-22-15/h2-9,11-12,14H,10,13H2,1H3. The Bertz CT molecular complexity index is 1330. The minimum atomic E-state index is -1.20. The fourth-order valence-corrected chi connectivity index (χ4v) is 3.75. The largest absolute Gasteiger partial charge is 0.337 e. The van der Waals surface area contributed by atoms with E-state index in [1.807, 2.05) is 18.2 Å². The second-order valence-corrected chi connectivity index (χ2v) is 7.85. The molecule has 0 saturated carbocycles. The first-order chi connectivity index (χ1) is 14.1. The third-order valence-corrected chi connectivity index (χ3v) is 5.54. The van der Waals surface area contributed by atoms with Gasteiger partial charge in [0.25, 0.3) is 5.56 Å². The average molecular weight is 406 g/mol. The number of aromatic nitrogens is 4. The van der Waals surface area contributed by atoms with Crippen LogP contribution in [0.1, 0.15) is 5.69 Å². The third-order valence-electron chi connectivity index (χ3n) is 4.62. The Morgan fingerprint density at radius 3 is 2.55 bits per heavy atom. The molecule has 0 amide bonds. The lowest BCUT2D eigenvalue weighted by atomic mass is 10.2. The van der Waals surface area contributed by atoms with Gasteiger partial charge in [-0.15, -0.1) is 0 Å². The lowest BCUT2D eigenvalue weighted by Crippen LogP contribution is -2.40. The summed E-state index contributed by atoms with van der Waals surface area (Å²) < 4.78 is 14.5. The van der Waals surface area contributed by atoms with Crippen LogP contribution in [0.25, 0.3) is 16.7 Å². The van der Waals surface area contributed by atoms with Crippen molar-refractivity contribution in [3.63, 3.8) is 0 Å². The number of nitrogens with zero attached hydrogens (tertiary/aromatic N) is 4. The van der Waals surface area contributed by atoms with Gasteiger partial charge in [0.05, 0.1) is 11.1 Å². The van der Waals surface area contributed by atoms with Crippen molar-refractivity contribution in [1.82, 2.24) is 19.1 Å². The zero-order valence-corrected chi connectivity index (χ0v) is 16.5. The Labute approximate surface area is 168 Å². The molecule has 7 nitrogen and oxygen atoms in total. The molecule has 0 aliphatic carbocycles. The summed E-state index contributed by atoms with van der Waals surface area (Å²) in [6, 6.07) is 15.7. The Kier molecular flexibility index (Phi) is 5.18. The van der Waals surface area contributed by atoms with E-state index < -0.39 is 16.5 Å². The van der Waals surface area contributed by atoms with E-state index in [1.54, 1.807) is 48.9 Å². The van der Waals surface area contributed by atoms with E-state index in [-0.39, 0.29) is 17.8 Å². The summed E-state index contributed by atoms with van der Waals surface area (Å²) in [6.07, 6.45) is 5.24. The van der Waals surface area contributed by atoms with Crippen molar-refractivity contribution in [1.29, 1.82) is 0 Å². The van der Waals surface area contributed by atoms with Gasteiger partial charge in [0.1, 0.15) is 0 Å². The maximum atomic E-state index is 13.3. The van der Waals surface area contributed by atoms with Crippen molar-refractivity contribution in [3.05, 3.63) is 93.5 Å². The Morgan fingerprint density at radius 1 is 0.966 bits per heavy atom. The van der Waals surface area contributed by atoms with E-state index >= 15 is 0 Å². The first-order valence-electron chi connectivity index (χ1n) is 9.00. The van der Waals surface area contributed by atoms with Crippen LogP contribution in [0.2, 0.25) is 0 Å². The SMILES string of the molecule is CS(=O)c1cccc(-n2c(=O)n(CCc3ccccn3)c(=O)c3cccnc32)c1.